The lowest BCUT2D eigenvalue weighted by molar-refractivity contribution is 0.894. The van der Waals surface area contributed by atoms with E-state index in [1.54, 1.807) is 9.13 Å². The highest BCUT2D eigenvalue weighted by molar-refractivity contribution is 14.1. The molecule has 38 heavy (non-hydrogen) atoms. The van der Waals surface area contributed by atoms with Crippen LogP contribution in [0.1, 0.15) is 11.6 Å². The fraction of sp³-hybridized carbons (Fsp3) is 0.0667. The Morgan fingerprint density at radius 2 is 0.921 bits per heavy atom. The second-order valence-corrected chi connectivity index (χ2v) is 11.5. The van der Waals surface area contributed by atoms with Crippen LogP contribution in [0.5, 0.6) is 0 Å². The minimum absolute atomic E-state index is 0.0809. The molecule has 0 aliphatic heterocycles. The van der Waals surface area contributed by atoms with Crippen molar-refractivity contribution in [3.8, 4) is 22.5 Å². The number of benzene rings is 4. The molecule has 4 aromatic carbocycles. The highest BCUT2D eigenvalue weighted by Gasteiger charge is 2.12. The molecule has 0 fully saturated rings. The molecule has 2 heterocycles. The summed E-state index contributed by atoms with van der Waals surface area (Å²) in [5.41, 5.74) is 4.78. The summed E-state index contributed by atoms with van der Waals surface area (Å²) in [6.45, 7) is 3.69. The van der Waals surface area contributed by atoms with Crippen LogP contribution in [0.25, 0.3) is 44.3 Å². The minimum Gasteiger partial charge on any atom is -0.268 e. The molecule has 6 aromatic rings. The molecule has 0 bridgehead atoms. The zero-order valence-corrected chi connectivity index (χ0v) is 24.8. The summed E-state index contributed by atoms with van der Waals surface area (Å²) < 4.78 is 5.28. The van der Waals surface area contributed by atoms with Crippen LogP contribution in [0.15, 0.2) is 94.5 Å². The van der Waals surface area contributed by atoms with E-state index in [2.05, 4.69) is 55.1 Å². The summed E-state index contributed by atoms with van der Waals surface area (Å²) >= 11 is 4.41. The van der Waals surface area contributed by atoms with Crippen LogP contribution in [-0.2, 0) is 0 Å². The molecule has 0 spiro atoms. The SMILES string of the molecule is Cc1nc2ccc(I)cc2c(=O)n1-c1ccc(-c2ccc(-n3c(C)nc4ccc(I)cc4c3=O)cc2)cc1. The molecule has 0 saturated carbocycles. The van der Waals surface area contributed by atoms with E-state index in [4.69, 9.17) is 0 Å². The van der Waals surface area contributed by atoms with E-state index in [0.29, 0.717) is 33.5 Å². The van der Waals surface area contributed by atoms with Crippen molar-refractivity contribution in [3.05, 3.63) is 124 Å². The van der Waals surface area contributed by atoms with E-state index in [1.165, 1.54) is 0 Å². The van der Waals surface area contributed by atoms with E-state index in [-0.39, 0.29) is 11.1 Å². The molecular weight excluding hydrogens is 702 g/mol. The third-order valence-corrected chi connectivity index (χ3v) is 7.92. The van der Waals surface area contributed by atoms with Crippen LogP contribution in [0, 0.1) is 21.0 Å². The smallest absolute Gasteiger partial charge is 0.265 e. The van der Waals surface area contributed by atoms with Gasteiger partial charge >= 0.3 is 0 Å². The van der Waals surface area contributed by atoms with Crippen molar-refractivity contribution in [1.29, 1.82) is 0 Å². The molecule has 0 N–H and O–H groups in total. The van der Waals surface area contributed by atoms with E-state index in [9.17, 15) is 9.59 Å². The van der Waals surface area contributed by atoms with Gasteiger partial charge in [-0.25, -0.2) is 9.97 Å². The third kappa shape index (κ3) is 4.35. The van der Waals surface area contributed by atoms with Crippen molar-refractivity contribution in [2.24, 2.45) is 0 Å². The fourth-order valence-corrected chi connectivity index (χ4v) is 5.73. The van der Waals surface area contributed by atoms with Crippen LogP contribution >= 0.6 is 45.2 Å². The van der Waals surface area contributed by atoms with Gasteiger partial charge in [0.1, 0.15) is 11.6 Å². The third-order valence-electron chi connectivity index (χ3n) is 6.58. The lowest BCUT2D eigenvalue weighted by Gasteiger charge is -2.13. The van der Waals surface area contributed by atoms with Gasteiger partial charge in [0, 0.05) is 7.14 Å². The molecule has 0 atom stereocenters. The van der Waals surface area contributed by atoms with Gasteiger partial charge in [0.2, 0.25) is 0 Å². The maximum absolute atomic E-state index is 13.3. The van der Waals surface area contributed by atoms with Crippen molar-refractivity contribution < 1.29 is 0 Å². The van der Waals surface area contributed by atoms with Crippen LogP contribution in [-0.4, -0.2) is 19.1 Å². The Kier molecular flexibility index (Phi) is 6.39. The standard InChI is InChI=1S/C30H20I2N4O2/c1-17-33-27-13-7-21(31)15-25(27)29(37)35(17)23-9-3-19(4-10-23)20-5-11-24(12-6-20)36-18(2)34-28-14-8-22(32)16-26(28)30(36)38/h3-16H,1-2H3. The van der Waals surface area contributed by atoms with Crippen molar-refractivity contribution >= 4 is 67.0 Å². The molecule has 0 unspecified atom stereocenters. The summed E-state index contributed by atoms with van der Waals surface area (Å²) in [6, 6.07) is 27.1. The number of hydrogen-bond acceptors (Lipinski definition) is 4. The van der Waals surface area contributed by atoms with E-state index in [1.807, 2.05) is 98.8 Å². The first kappa shape index (κ1) is 24.9. The fourth-order valence-electron chi connectivity index (χ4n) is 4.75. The topological polar surface area (TPSA) is 69.8 Å². The van der Waals surface area contributed by atoms with Crippen LogP contribution < -0.4 is 11.1 Å². The Balaban J connectivity index is 1.36. The average molecular weight is 722 g/mol. The molecule has 186 valence electrons. The number of rotatable bonds is 3. The molecule has 8 heteroatoms. The quantitative estimate of drug-likeness (QED) is 0.194. The Bertz CT molecular complexity index is 1850. The predicted molar refractivity (Wildman–Crippen MR) is 169 cm³/mol. The maximum atomic E-state index is 13.3. The molecule has 6 rings (SSSR count). The molecule has 2 aromatic heterocycles. The van der Waals surface area contributed by atoms with Gasteiger partial charge in [0.25, 0.3) is 11.1 Å². The summed E-state index contributed by atoms with van der Waals surface area (Å²) in [5, 5.41) is 1.20. The molecule has 0 aliphatic rings. The Morgan fingerprint density at radius 1 is 0.553 bits per heavy atom. The van der Waals surface area contributed by atoms with Gasteiger partial charge in [0.05, 0.1) is 33.2 Å². The predicted octanol–water partition coefficient (Wildman–Crippen LogP) is 6.58. The van der Waals surface area contributed by atoms with Crippen LogP contribution in [0.3, 0.4) is 0 Å². The Hall–Kier alpha value is -3.38. The first-order chi connectivity index (χ1) is 18.3. The lowest BCUT2D eigenvalue weighted by Crippen LogP contribution is -2.22. The summed E-state index contributed by atoms with van der Waals surface area (Å²) in [7, 11) is 0. The summed E-state index contributed by atoms with van der Waals surface area (Å²) in [4.78, 5) is 35.8. The monoisotopic (exact) mass is 722 g/mol. The molecule has 0 amide bonds. The molecule has 0 radical (unpaired) electrons. The van der Waals surface area contributed by atoms with Gasteiger partial charge in [-0.1, -0.05) is 24.3 Å². The number of nitrogens with zero attached hydrogens (tertiary/aromatic N) is 4. The molecule has 0 saturated heterocycles. The van der Waals surface area contributed by atoms with E-state index >= 15 is 0 Å². The van der Waals surface area contributed by atoms with Gasteiger partial charge in [0.15, 0.2) is 0 Å². The molecule has 0 aliphatic carbocycles. The van der Waals surface area contributed by atoms with Gasteiger partial charge in [-0.2, -0.15) is 0 Å². The normalized spacial score (nSPS) is 11.4. The van der Waals surface area contributed by atoms with E-state index < -0.39 is 0 Å². The number of hydrogen-bond donors (Lipinski definition) is 0. The highest BCUT2D eigenvalue weighted by Crippen LogP contribution is 2.24. The van der Waals surface area contributed by atoms with Crippen LogP contribution in [0.2, 0.25) is 0 Å². The Morgan fingerprint density at radius 3 is 1.29 bits per heavy atom. The maximum Gasteiger partial charge on any atom is 0.265 e. The lowest BCUT2D eigenvalue weighted by atomic mass is 10.0. The number of aromatic nitrogens is 4. The van der Waals surface area contributed by atoms with Gasteiger partial charge in [-0.15, -0.1) is 0 Å². The van der Waals surface area contributed by atoms with E-state index in [0.717, 1.165) is 29.6 Å². The second kappa shape index (κ2) is 9.73. The highest BCUT2D eigenvalue weighted by atomic mass is 127. The first-order valence-electron chi connectivity index (χ1n) is 11.9. The zero-order valence-electron chi connectivity index (χ0n) is 20.4. The van der Waals surface area contributed by atoms with Crippen molar-refractivity contribution in [1.82, 2.24) is 19.1 Å². The first-order valence-corrected chi connectivity index (χ1v) is 14.0. The summed E-state index contributed by atoms with van der Waals surface area (Å²) in [5.74, 6) is 1.28. The largest absolute Gasteiger partial charge is 0.268 e. The van der Waals surface area contributed by atoms with Gasteiger partial charge < -0.3 is 0 Å². The Labute approximate surface area is 245 Å². The number of aryl methyl sites for hydroxylation is 2. The van der Waals surface area contributed by atoms with Crippen LogP contribution in [0.4, 0.5) is 0 Å². The second-order valence-electron chi connectivity index (χ2n) is 9.02. The van der Waals surface area contributed by atoms with Crippen molar-refractivity contribution in [3.63, 3.8) is 0 Å². The summed E-state index contributed by atoms with van der Waals surface area (Å²) in [6.07, 6.45) is 0. The molecule has 6 nitrogen and oxygen atoms in total. The average Bonchev–Trinajstić information content (AvgIpc) is 2.91. The zero-order chi connectivity index (χ0) is 26.6. The van der Waals surface area contributed by atoms with Gasteiger partial charge in [-0.3, -0.25) is 18.7 Å². The van der Waals surface area contributed by atoms with Crippen molar-refractivity contribution in [2.75, 3.05) is 0 Å². The van der Waals surface area contributed by atoms with Crippen molar-refractivity contribution in [2.45, 2.75) is 13.8 Å². The number of halogens is 2. The minimum atomic E-state index is -0.0809. The number of fused-ring (bicyclic) bond motifs is 2. The van der Waals surface area contributed by atoms with Gasteiger partial charge in [-0.05, 0) is 131 Å². The molecular formula is C30H20I2N4O2.